The number of carbonyl (C=O) groups is 1. The predicted molar refractivity (Wildman–Crippen MR) is 65.4 cm³/mol. The van der Waals surface area contributed by atoms with Crippen molar-refractivity contribution in [2.45, 2.75) is 13.1 Å². The Morgan fingerprint density at radius 3 is 3.18 bits per heavy atom. The van der Waals surface area contributed by atoms with Gasteiger partial charge in [-0.15, -0.1) is 0 Å². The molecule has 0 bridgehead atoms. The topological polar surface area (TPSA) is 77.6 Å². The minimum Gasteiger partial charge on any atom is -0.314 e. The van der Waals surface area contributed by atoms with E-state index in [4.69, 9.17) is 0 Å². The van der Waals surface area contributed by atoms with Gasteiger partial charge in [0.1, 0.15) is 6.17 Å². The number of carbonyl (C=O) groups excluding carboxylic acids is 1. The number of benzene rings is 1. The lowest BCUT2D eigenvalue weighted by Crippen LogP contribution is -2.62. The first kappa shape index (κ1) is 11.4. The highest BCUT2D eigenvalue weighted by Crippen LogP contribution is 2.00. The maximum atomic E-state index is 11.0. The summed E-state index contributed by atoms with van der Waals surface area (Å²) in [6, 6.07) is 7.74. The molecular weight excluding hydrogens is 218 g/mol. The van der Waals surface area contributed by atoms with E-state index in [9.17, 15) is 4.79 Å². The van der Waals surface area contributed by atoms with Gasteiger partial charge >= 0.3 is 6.03 Å². The lowest BCUT2D eigenvalue weighted by atomic mass is 10.2. The minimum atomic E-state index is -0.264. The summed E-state index contributed by atoms with van der Waals surface area (Å²) in [6.07, 6.45) is 1.52. The summed E-state index contributed by atoms with van der Waals surface area (Å²) in [5.41, 5.74) is 10.2. The first-order valence-corrected chi connectivity index (χ1v) is 5.39. The highest BCUT2D eigenvalue weighted by molar-refractivity contribution is 5.79. The maximum absolute atomic E-state index is 11.0. The molecule has 1 atom stereocenters. The van der Waals surface area contributed by atoms with Gasteiger partial charge in [-0.2, -0.15) is 5.10 Å². The van der Waals surface area contributed by atoms with E-state index in [0.717, 1.165) is 5.56 Å². The number of hydrazine groups is 1. The van der Waals surface area contributed by atoms with E-state index in [1.54, 1.807) is 6.21 Å². The van der Waals surface area contributed by atoms with Gasteiger partial charge in [-0.25, -0.2) is 10.2 Å². The molecule has 0 aromatic heterocycles. The third-order valence-electron chi connectivity index (χ3n) is 2.30. The van der Waals surface area contributed by atoms with Crippen molar-refractivity contribution in [2.75, 3.05) is 6.54 Å². The Hall–Kier alpha value is -2.08. The van der Waals surface area contributed by atoms with Crippen LogP contribution in [0.15, 0.2) is 29.4 Å². The quantitative estimate of drug-likeness (QED) is 0.440. The first-order chi connectivity index (χ1) is 8.24. The van der Waals surface area contributed by atoms with Gasteiger partial charge in [-0.05, 0) is 12.5 Å². The van der Waals surface area contributed by atoms with Crippen LogP contribution in [0, 0.1) is 6.92 Å². The molecule has 1 aromatic rings. The molecule has 6 heteroatoms. The molecule has 90 valence electrons. The smallest absolute Gasteiger partial charge is 0.314 e. The fourth-order valence-corrected chi connectivity index (χ4v) is 1.51. The van der Waals surface area contributed by atoms with Crippen LogP contribution in [-0.2, 0) is 0 Å². The molecule has 1 aliphatic heterocycles. The lowest BCUT2D eigenvalue weighted by Gasteiger charge is -2.24. The van der Waals surface area contributed by atoms with Crippen LogP contribution in [0.4, 0.5) is 4.79 Å². The highest BCUT2D eigenvalue weighted by atomic mass is 16.2. The van der Waals surface area contributed by atoms with E-state index in [1.807, 2.05) is 31.2 Å². The first-order valence-electron chi connectivity index (χ1n) is 5.39. The maximum Gasteiger partial charge on any atom is 0.330 e. The number of urea groups is 1. The van der Waals surface area contributed by atoms with Gasteiger partial charge in [0.2, 0.25) is 0 Å². The second kappa shape index (κ2) is 5.31. The summed E-state index contributed by atoms with van der Waals surface area (Å²) in [7, 11) is 0. The largest absolute Gasteiger partial charge is 0.330 e. The fourth-order valence-electron chi connectivity index (χ4n) is 1.51. The van der Waals surface area contributed by atoms with Crippen molar-refractivity contribution >= 4 is 12.2 Å². The zero-order valence-electron chi connectivity index (χ0n) is 9.53. The van der Waals surface area contributed by atoms with Gasteiger partial charge in [-0.1, -0.05) is 29.8 Å². The molecule has 1 saturated heterocycles. The number of hydrogen-bond acceptors (Lipinski definition) is 4. The molecule has 1 aliphatic rings. The summed E-state index contributed by atoms with van der Waals surface area (Å²) >= 11 is 0. The van der Waals surface area contributed by atoms with Gasteiger partial charge in [0.15, 0.2) is 0 Å². The van der Waals surface area contributed by atoms with Crippen LogP contribution in [-0.4, -0.2) is 25.0 Å². The van der Waals surface area contributed by atoms with Gasteiger partial charge in [-0.3, -0.25) is 10.9 Å². The van der Waals surface area contributed by atoms with E-state index in [0.29, 0.717) is 6.54 Å². The van der Waals surface area contributed by atoms with Crippen LogP contribution >= 0.6 is 0 Å². The molecule has 1 fully saturated rings. The molecule has 1 unspecified atom stereocenters. The highest BCUT2D eigenvalue weighted by Gasteiger charge is 2.15. The van der Waals surface area contributed by atoms with E-state index in [-0.39, 0.29) is 12.2 Å². The Bertz CT molecular complexity index is 432. The molecular formula is C11H15N5O. The lowest BCUT2D eigenvalue weighted by molar-refractivity contribution is 0.217. The zero-order valence-corrected chi connectivity index (χ0v) is 9.53. The van der Waals surface area contributed by atoms with Crippen LogP contribution in [0.2, 0.25) is 0 Å². The predicted octanol–water partition coefficient (Wildman–Crippen LogP) is 0.0620. The third kappa shape index (κ3) is 3.46. The van der Waals surface area contributed by atoms with Crippen molar-refractivity contribution in [1.82, 2.24) is 21.6 Å². The van der Waals surface area contributed by atoms with Crippen molar-refractivity contribution in [3.05, 3.63) is 35.4 Å². The van der Waals surface area contributed by atoms with Crippen LogP contribution in [0.1, 0.15) is 11.1 Å². The average molecular weight is 233 g/mol. The van der Waals surface area contributed by atoms with Gasteiger partial charge in [0.05, 0.1) is 12.8 Å². The molecule has 1 aromatic carbocycles. The SMILES string of the molecule is Cc1cccc(/C=N/NC2CNNC(=O)N2)c1. The summed E-state index contributed by atoms with van der Waals surface area (Å²) < 4.78 is 0. The molecule has 2 amide bonds. The Morgan fingerprint density at radius 2 is 2.41 bits per heavy atom. The molecule has 17 heavy (non-hydrogen) atoms. The van der Waals surface area contributed by atoms with Crippen LogP contribution in [0.3, 0.4) is 0 Å². The molecule has 0 saturated carbocycles. The van der Waals surface area contributed by atoms with E-state index in [1.165, 1.54) is 5.56 Å². The fraction of sp³-hybridized carbons (Fsp3) is 0.273. The number of nitrogens with zero attached hydrogens (tertiary/aromatic N) is 1. The summed E-state index contributed by atoms with van der Waals surface area (Å²) in [4.78, 5) is 11.0. The van der Waals surface area contributed by atoms with E-state index in [2.05, 4.69) is 26.7 Å². The number of amides is 2. The van der Waals surface area contributed by atoms with E-state index < -0.39 is 0 Å². The summed E-state index contributed by atoms with van der Waals surface area (Å²) in [5, 5.41) is 6.76. The van der Waals surface area contributed by atoms with E-state index >= 15 is 0 Å². The Labute approximate surface area is 99.4 Å². The average Bonchev–Trinajstić information content (AvgIpc) is 2.29. The molecule has 4 N–H and O–H groups in total. The van der Waals surface area contributed by atoms with Gasteiger partial charge in [0.25, 0.3) is 0 Å². The monoisotopic (exact) mass is 233 g/mol. The standard InChI is InChI=1S/C11H15N5O/c1-8-3-2-4-9(5-8)6-12-15-10-7-13-16-11(17)14-10/h2-6,10,13,15H,7H2,1H3,(H2,14,16,17)/b12-6+. The second-order valence-electron chi connectivity index (χ2n) is 3.83. The molecule has 0 aliphatic carbocycles. The molecule has 2 rings (SSSR count). The number of aryl methyl sites for hydroxylation is 1. The summed E-state index contributed by atoms with van der Waals surface area (Å²) in [6.45, 7) is 2.60. The van der Waals surface area contributed by atoms with Crippen LogP contribution in [0.25, 0.3) is 0 Å². The zero-order chi connectivity index (χ0) is 12.1. The van der Waals surface area contributed by atoms with Crippen LogP contribution < -0.4 is 21.6 Å². The molecule has 6 nitrogen and oxygen atoms in total. The molecule has 1 heterocycles. The van der Waals surface area contributed by atoms with Gasteiger partial charge in [0, 0.05) is 0 Å². The van der Waals surface area contributed by atoms with Crippen molar-refractivity contribution in [2.24, 2.45) is 5.10 Å². The summed E-state index contributed by atoms with van der Waals surface area (Å²) in [5.74, 6) is 0. The molecule has 0 spiro atoms. The Balaban J connectivity index is 1.87. The van der Waals surface area contributed by atoms with Crippen molar-refractivity contribution in [3.63, 3.8) is 0 Å². The second-order valence-corrected chi connectivity index (χ2v) is 3.83. The van der Waals surface area contributed by atoms with Gasteiger partial charge < -0.3 is 5.32 Å². The normalized spacial score (nSPS) is 19.8. The molecule has 0 radical (unpaired) electrons. The Kier molecular flexibility index (Phi) is 3.56. The number of hydrogen-bond donors (Lipinski definition) is 4. The number of nitrogens with one attached hydrogen (secondary N) is 4. The van der Waals surface area contributed by atoms with Crippen molar-refractivity contribution < 1.29 is 4.79 Å². The number of hydrazone groups is 1. The Morgan fingerprint density at radius 1 is 1.53 bits per heavy atom. The minimum absolute atomic E-state index is 0.204. The van der Waals surface area contributed by atoms with Crippen molar-refractivity contribution in [1.29, 1.82) is 0 Å². The van der Waals surface area contributed by atoms with Crippen molar-refractivity contribution in [3.8, 4) is 0 Å². The van der Waals surface area contributed by atoms with Crippen LogP contribution in [0.5, 0.6) is 0 Å². The number of rotatable bonds is 3. The third-order valence-corrected chi connectivity index (χ3v) is 2.30.